The van der Waals surface area contributed by atoms with E-state index in [1.165, 1.54) is 10.4 Å². The number of nitrogens with one attached hydrogen (secondary N) is 1. The Hall–Kier alpha value is -0.340. The number of hydrogen-bond acceptors (Lipinski definition) is 2. The van der Waals surface area contributed by atoms with Crippen LogP contribution >= 0.6 is 11.3 Å². The predicted molar refractivity (Wildman–Crippen MR) is 73.9 cm³/mol. The van der Waals surface area contributed by atoms with E-state index in [0.29, 0.717) is 0 Å². The molecule has 1 heterocycles. The average molecular weight is 239 g/mol. The number of aryl methyl sites for hydroxylation is 1. The summed E-state index contributed by atoms with van der Waals surface area (Å²) in [6.45, 7) is 13.6. The van der Waals surface area contributed by atoms with Crippen molar-refractivity contribution < 1.29 is 0 Å². The van der Waals surface area contributed by atoms with Gasteiger partial charge in [0.05, 0.1) is 0 Å². The molecule has 1 aromatic heterocycles. The summed E-state index contributed by atoms with van der Waals surface area (Å²) in [5.74, 6) is 2.30. The summed E-state index contributed by atoms with van der Waals surface area (Å²) in [6.07, 6.45) is 0. The molecular weight excluding hydrogens is 214 g/mol. The molecule has 1 N–H and O–H groups in total. The molecule has 1 nitrogen and oxygen atoms in total. The van der Waals surface area contributed by atoms with Crippen molar-refractivity contribution in [3.8, 4) is 0 Å². The molecule has 0 atom stereocenters. The molecule has 0 aliphatic carbocycles. The Labute approximate surface area is 104 Å². The summed E-state index contributed by atoms with van der Waals surface area (Å²) in [6, 6.07) is 2.20. The van der Waals surface area contributed by atoms with E-state index in [4.69, 9.17) is 0 Å². The van der Waals surface area contributed by atoms with E-state index in [1.807, 2.05) is 11.3 Å². The van der Waals surface area contributed by atoms with Crippen LogP contribution in [0.3, 0.4) is 0 Å². The standard InChI is InChI=1S/C14H25NS/c1-10(2)13(11(3)4)8-15-9-14-12(5)6-7-16-14/h6-7,10-11,13,15H,8-9H2,1-5H3. The second-order valence-corrected chi connectivity index (χ2v) is 6.31. The summed E-state index contributed by atoms with van der Waals surface area (Å²) < 4.78 is 0. The summed E-state index contributed by atoms with van der Waals surface area (Å²) >= 11 is 1.86. The van der Waals surface area contributed by atoms with Crippen LogP contribution < -0.4 is 5.32 Å². The highest BCUT2D eigenvalue weighted by molar-refractivity contribution is 7.10. The number of rotatable bonds is 6. The van der Waals surface area contributed by atoms with Gasteiger partial charge in [0.25, 0.3) is 0 Å². The summed E-state index contributed by atoms with van der Waals surface area (Å²) in [5.41, 5.74) is 1.42. The quantitative estimate of drug-likeness (QED) is 0.789. The topological polar surface area (TPSA) is 12.0 Å². The third-order valence-electron chi connectivity index (χ3n) is 3.35. The largest absolute Gasteiger partial charge is 0.312 e. The van der Waals surface area contributed by atoms with Crippen LogP contribution in [0.25, 0.3) is 0 Å². The lowest BCUT2D eigenvalue weighted by atomic mass is 9.85. The maximum absolute atomic E-state index is 3.60. The first-order valence-electron chi connectivity index (χ1n) is 6.26. The van der Waals surface area contributed by atoms with Gasteiger partial charge in [0.1, 0.15) is 0 Å². The maximum Gasteiger partial charge on any atom is 0.0302 e. The van der Waals surface area contributed by atoms with Gasteiger partial charge in [-0.05, 0) is 48.2 Å². The van der Waals surface area contributed by atoms with Gasteiger partial charge in [0, 0.05) is 11.4 Å². The minimum atomic E-state index is 0.761. The molecule has 0 fully saturated rings. The van der Waals surface area contributed by atoms with Gasteiger partial charge in [-0.15, -0.1) is 11.3 Å². The number of thiophene rings is 1. The van der Waals surface area contributed by atoms with Gasteiger partial charge in [-0.1, -0.05) is 27.7 Å². The Kier molecular flexibility index (Phi) is 5.50. The van der Waals surface area contributed by atoms with E-state index in [1.54, 1.807) is 0 Å². The highest BCUT2D eigenvalue weighted by Gasteiger charge is 2.16. The lowest BCUT2D eigenvalue weighted by Crippen LogP contribution is -2.29. The molecule has 2 heteroatoms. The lowest BCUT2D eigenvalue weighted by molar-refractivity contribution is 0.276. The van der Waals surface area contributed by atoms with E-state index in [2.05, 4.69) is 51.4 Å². The fraction of sp³-hybridized carbons (Fsp3) is 0.714. The fourth-order valence-electron chi connectivity index (χ4n) is 2.18. The second kappa shape index (κ2) is 6.41. The Bertz CT molecular complexity index is 293. The normalized spacial score (nSPS) is 12.0. The molecule has 0 amide bonds. The van der Waals surface area contributed by atoms with Crippen molar-refractivity contribution in [2.24, 2.45) is 17.8 Å². The number of hydrogen-bond donors (Lipinski definition) is 1. The zero-order chi connectivity index (χ0) is 12.1. The average Bonchev–Trinajstić information content (AvgIpc) is 2.57. The molecule has 0 saturated carbocycles. The first kappa shape index (κ1) is 13.7. The molecule has 0 aromatic carbocycles. The summed E-state index contributed by atoms with van der Waals surface area (Å²) in [4.78, 5) is 1.48. The van der Waals surface area contributed by atoms with Crippen molar-refractivity contribution >= 4 is 11.3 Å². The summed E-state index contributed by atoms with van der Waals surface area (Å²) in [5, 5.41) is 5.78. The molecule has 0 aliphatic heterocycles. The maximum atomic E-state index is 3.60. The molecule has 0 bridgehead atoms. The molecule has 1 aromatic rings. The zero-order valence-corrected chi connectivity index (χ0v) is 12.0. The van der Waals surface area contributed by atoms with E-state index >= 15 is 0 Å². The molecule has 16 heavy (non-hydrogen) atoms. The monoisotopic (exact) mass is 239 g/mol. The van der Waals surface area contributed by atoms with Gasteiger partial charge >= 0.3 is 0 Å². The van der Waals surface area contributed by atoms with E-state index in [9.17, 15) is 0 Å². The van der Waals surface area contributed by atoms with Crippen LogP contribution in [0.2, 0.25) is 0 Å². The Morgan fingerprint density at radius 2 is 1.81 bits per heavy atom. The van der Waals surface area contributed by atoms with Crippen LogP contribution in [0.1, 0.15) is 38.1 Å². The minimum Gasteiger partial charge on any atom is -0.312 e. The second-order valence-electron chi connectivity index (χ2n) is 5.31. The van der Waals surface area contributed by atoms with Crippen LogP contribution in [-0.2, 0) is 6.54 Å². The zero-order valence-electron chi connectivity index (χ0n) is 11.2. The molecule has 0 saturated heterocycles. The highest BCUT2D eigenvalue weighted by atomic mass is 32.1. The first-order valence-corrected chi connectivity index (χ1v) is 7.14. The van der Waals surface area contributed by atoms with Crippen molar-refractivity contribution in [3.05, 3.63) is 21.9 Å². The Morgan fingerprint density at radius 3 is 2.25 bits per heavy atom. The van der Waals surface area contributed by atoms with Crippen LogP contribution in [0.15, 0.2) is 11.4 Å². The summed E-state index contributed by atoms with van der Waals surface area (Å²) in [7, 11) is 0. The molecule has 1 rings (SSSR count). The van der Waals surface area contributed by atoms with Crippen molar-refractivity contribution in [2.45, 2.75) is 41.2 Å². The van der Waals surface area contributed by atoms with Crippen LogP contribution in [0.5, 0.6) is 0 Å². The third kappa shape index (κ3) is 3.91. The minimum absolute atomic E-state index is 0.761. The van der Waals surface area contributed by atoms with E-state index < -0.39 is 0 Å². The molecule has 92 valence electrons. The lowest BCUT2D eigenvalue weighted by Gasteiger charge is -2.25. The third-order valence-corrected chi connectivity index (χ3v) is 4.37. The Balaban J connectivity index is 2.37. The molecule has 0 unspecified atom stereocenters. The van der Waals surface area contributed by atoms with Crippen molar-refractivity contribution in [3.63, 3.8) is 0 Å². The predicted octanol–water partition coefficient (Wildman–Crippen LogP) is 4.07. The molecular formula is C14H25NS. The van der Waals surface area contributed by atoms with Gasteiger partial charge in [0.2, 0.25) is 0 Å². The van der Waals surface area contributed by atoms with Crippen molar-refractivity contribution in [1.82, 2.24) is 5.32 Å². The van der Waals surface area contributed by atoms with Crippen LogP contribution in [0, 0.1) is 24.7 Å². The van der Waals surface area contributed by atoms with Gasteiger partial charge < -0.3 is 5.32 Å². The van der Waals surface area contributed by atoms with E-state index in [-0.39, 0.29) is 0 Å². The first-order chi connectivity index (χ1) is 7.52. The fourth-order valence-corrected chi connectivity index (χ4v) is 3.05. The highest BCUT2D eigenvalue weighted by Crippen LogP contribution is 2.20. The molecule has 0 spiro atoms. The molecule has 0 aliphatic rings. The molecule has 0 radical (unpaired) electrons. The van der Waals surface area contributed by atoms with Crippen LogP contribution in [-0.4, -0.2) is 6.54 Å². The van der Waals surface area contributed by atoms with Gasteiger partial charge in [-0.3, -0.25) is 0 Å². The van der Waals surface area contributed by atoms with Crippen LogP contribution in [0.4, 0.5) is 0 Å². The van der Waals surface area contributed by atoms with Gasteiger partial charge in [-0.2, -0.15) is 0 Å². The smallest absolute Gasteiger partial charge is 0.0302 e. The Morgan fingerprint density at radius 1 is 1.19 bits per heavy atom. The SMILES string of the molecule is Cc1ccsc1CNCC(C(C)C)C(C)C. The van der Waals surface area contributed by atoms with E-state index in [0.717, 1.165) is 30.8 Å². The van der Waals surface area contributed by atoms with Crippen molar-refractivity contribution in [1.29, 1.82) is 0 Å². The van der Waals surface area contributed by atoms with Gasteiger partial charge in [0.15, 0.2) is 0 Å². The van der Waals surface area contributed by atoms with Crippen molar-refractivity contribution in [2.75, 3.05) is 6.54 Å². The van der Waals surface area contributed by atoms with Gasteiger partial charge in [-0.25, -0.2) is 0 Å².